The second kappa shape index (κ2) is 5.83. The molecule has 1 aliphatic heterocycles. The topological polar surface area (TPSA) is 75.3 Å². The molecular formula is C15H16N2O3S2. The second-order valence-electron chi connectivity index (χ2n) is 5.23. The number of aryl methyl sites for hydroxylation is 1. The second-order valence-corrected chi connectivity index (χ2v) is 7.92. The van der Waals surface area contributed by atoms with Crippen molar-refractivity contribution in [3.05, 3.63) is 46.2 Å². The zero-order valence-corrected chi connectivity index (χ0v) is 13.6. The van der Waals surface area contributed by atoms with E-state index < -0.39 is 10.0 Å². The van der Waals surface area contributed by atoms with Crippen LogP contribution in [0.1, 0.15) is 29.8 Å². The molecule has 116 valence electrons. The highest BCUT2D eigenvalue weighted by Crippen LogP contribution is 2.27. The molecule has 2 aromatic rings. The molecule has 0 radical (unpaired) electrons. The van der Waals surface area contributed by atoms with Crippen molar-refractivity contribution in [2.24, 2.45) is 0 Å². The van der Waals surface area contributed by atoms with Gasteiger partial charge in [-0.2, -0.15) is 0 Å². The van der Waals surface area contributed by atoms with E-state index in [1.807, 2.05) is 24.4 Å². The Bertz CT molecular complexity index is 798. The van der Waals surface area contributed by atoms with Gasteiger partial charge in [-0.05, 0) is 48.6 Å². The smallest absolute Gasteiger partial charge is 0.241 e. The van der Waals surface area contributed by atoms with Gasteiger partial charge in [0.05, 0.1) is 10.9 Å². The Balaban J connectivity index is 1.85. The highest BCUT2D eigenvalue weighted by Gasteiger charge is 2.22. The van der Waals surface area contributed by atoms with Gasteiger partial charge >= 0.3 is 0 Å². The largest absolute Gasteiger partial charge is 0.326 e. The van der Waals surface area contributed by atoms with E-state index in [2.05, 4.69) is 10.0 Å². The quantitative estimate of drug-likeness (QED) is 0.901. The van der Waals surface area contributed by atoms with Gasteiger partial charge in [0.25, 0.3) is 0 Å². The van der Waals surface area contributed by atoms with Crippen LogP contribution in [0.15, 0.2) is 40.6 Å². The van der Waals surface area contributed by atoms with Crippen LogP contribution in [-0.4, -0.2) is 14.3 Å². The van der Waals surface area contributed by atoms with Crippen LogP contribution in [0, 0.1) is 0 Å². The van der Waals surface area contributed by atoms with Gasteiger partial charge in [-0.1, -0.05) is 6.07 Å². The highest BCUT2D eigenvalue weighted by atomic mass is 32.2. The molecule has 1 aromatic heterocycles. The molecule has 2 heterocycles. The number of carbonyl (C=O) groups is 1. The van der Waals surface area contributed by atoms with Crippen LogP contribution in [0.2, 0.25) is 0 Å². The molecule has 0 fully saturated rings. The minimum Gasteiger partial charge on any atom is -0.326 e. The first-order chi connectivity index (χ1) is 10.5. The normalized spacial score (nSPS) is 16.0. The minimum atomic E-state index is -3.59. The van der Waals surface area contributed by atoms with Crippen LogP contribution in [-0.2, 0) is 21.2 Å². The molecule has 22 heavy (non-hydrogen) atoms. The molecule has 1 aliphatic rings. The number of hydrogen-bond acceptors (Lipinski definition) is 4. The van der Waals surface area contributed by atoms with Crippen molar-refractivity contribution < 1.29 is 13.2 Å². The Morgan fingerprint density at radius 1 is 1.27 bits per heavy atom. The van der Waals surface area contributed by atoms with Gasteiger partial charge in [-0.15, -0.1) is 11.3 Å². The monoisotopic (exact) mass is 336 g/mol. The van der Waals surface area contributed by atoms with Crippen LogP contribution in [0.5, 0.6) is 0 Å². The van der Waals surface area contributed by atoms with Gasteiger partial charge < -0.3 is 5.32 Å². The van der Waals surface area contributed by atoms with Crippen LogP contribution in [0.3, 0.4) is 0 Å². The molecule has 5 nitrogen and oxygen atoms in total. The number of amides is 1. The fourth-order valence-electron chi connectivity index (χ4n) is 2.42. The maximum atomic E-state index is 12.5. The number of fused-ring (bicyclic) bond motifs is 1. The molecule has 0 aliphatic carbocycles. The number of benzene rings is 1. The molecule has 3 rings (SSSR count). The fraction of sp³-hybridized carbons (Fsp3) is 0.267. The summed E-state index contributed by atoms with van der Waals surface area (Å²) in [6, 6.07) is 8.33. The zero-order valence-electron chi connectivity index (χ0n) is 12.0. The lowest BCUT2D eigenvalue weighted by Gasteiger charge is -2.18. The lowest BCUT2D eigenvalue weighted by Crippen LogP contribution is -2.27. The lowest BCUT2D eigenvalue weighted by molar-refractivity contribution is -0.116. The molecule has 0 saturated heterocycles. The van der Waals surface area contributed by atoms with Crippen LogP contribution in [0.4, 0.5) is 5.69 Å². The first-order valence-electron chi connectivity index (χ1n) is 6.94. The van der Waals surface area contributed by atoms with E-state index in [4.69, 9.17) is 0 Å². The van der Waals surface area contributed by atoms with Gasteiger partial charge in [-0.3, -0.25) is 4.79 Å². The number of carbonyl (C=O) groups excluding carboxylic acids is 1. The molecular weight excluding hydrogens is 320 g/mol. The Morgan fingerprint density at radius 2 is 2.09 bits per heavy atom. The molecule has 0 spiro atoms. The van der Waals surface area contributed by atoms with Crippen molar-refractivity contribution in [2.45, 2.75) is 30.7 Å². The van der Waals surface area contributed by atoms with E-state index in [-0.39, 0.29) is 16.8 Å². The minimum absolute atomic E-state index is 0.0347. The van der Waals surface area contributed by atoms with Crippen molar-refractivity contribution in [3.8, 4) is 0 Å². The Kier molecular flexibility index (Phi) is 4.03. The number of sulfonamides is 1. The summed E-state index contributed by atoms with van der Waals surface area (Å²) in [6.45, 7) is 1.82. The van der Waals surface area contributed by atoms with E-state index in [0.717, 1.165) is 10.4 Å². The Morgan fingerprint density at radius 3 is 2.82 bits per heavy atom. The summed E-state index contributed by atoms with van der Waals surface area (Å²) in [5.41, 5.74) is 1.55. The van der Waals surface area contributed by atoms with Crippen molar-refractivity contribution >= 4 is 33.0 Å². The molecule has 2 N–H and O–H groups in total. The van der Waals surface area contributed by atoms with E-state index in [1.165, 1.54) is 17.4 Å². The summed E-state index contributed by atoms with van der Waals surface area (Å²) in [5.74, 6) is -0.0347. The van der Waals surface area contributed by atoms with Crippen molar-refractivity contribution in [1.82, 2.24) is 4.72 Å². The SMILES string of the molecule is CC(NS(=O)(=O)c1ccc2c(c1)CCC(=O)N2)c1cccs1. The average molecular weight is 336 g/mol. The number of anilines is 1. The summed E-state index contributed by atoms with van der Waals surface area (Å²) in [5, 5.41) is 4.67. The van der Waals surface area contributed by atoms with E-state index in [9.17, 15) is 13.2 Å². The summed E-state index contributed by atoms with van der Waals surface area (Å²) in [6.07, 6.45) is 0.945. The van der Waals surface area contributed by atoms with Crippen LogP contribution < -0.4 is 10.0 Å². The third-order valence-corrected chi connectivity index (χ3v) is 6.18. The predicted molar refractivity (Wildman–Crippen MR) is 86.4 cm³/mol. The lowest BCUT2D eigenvalue weighted by atomic mass is 10.0. The van der Waals surface area contributed by atoms with Gasteiger partial charge in [0.15, 0.2) is 0 Å². The van der Waals surface area contributed by atoms with Crippen molar-refractivity contribution in [1.29, 1.82) is 0 Å². The highest BCUT2D eigenvalue weighted by molar-refractivity contribution is 7.89. The summed E-state index contributed by atoms with van der Waals surface area (Å²) >= 11 is 1.52. The molecule has 1 aromatic carbocycles. The zero-order chi connectivity index (χ0) is 15.7. The maximum Gasteiger partial charge on any atom is 0.241 e. The Labute approximate surface area is 133 Å². The summed E-state index contributed by atoms with van der Waals surface area (Å²) < 4.78 is 27.7. The number of thiophene rings is 1. The van der Waals surface area contributed by atoms with Gasteiger partial charge in [0.2, 0.25) is 15.9 Å². The van der Waals surface area contributed by atoms with Gasteiger partial charge in [0.1, 0.15) is 0 Å². The average Bonchev–Trinajstić information content (AvgIpc) is 3.00. The Hall–Kier alpha value is -1.70. The molecule has 1 atom stereocenters. The number of nitrogens with one attached hydrogen (secondary N) is 2. The fourth-order valence-corrected chi connectivity index (χ4v) is 4.51. The van der Waals surface area contributed by atoms with Crippen molar-refractivity contribution in [3.63, 3.8) is 0 Å². The molecule has 1 unspecified atom stereocenters. The molecule has 0 bridgehead atoms. The summed E-state index contributed by atoms with van der Waals surface area (Å²) in [4.78, 5) is 12.5. The van der Waals surface area contributed by atoms with E-state index in [1.54, 1.807) is 12.1 Å². The standard InChI is InChI=1S/C15H16N2O3S2/c1-10(14-3-2-8-21-14)17-22(19,20)12-5-6-13-11(9-12)4-7-15(18)16-13/h2-3,5-6,8-10,17H,4,7H2,1H3,(H,16,18). The first kappa shape index (κ1) is 15.2. The molecule has 1 amide bonds. The molecule has 7 heteroatoms. The van der Waals surface area contributed by atoms with Crippen molar-refractivity contribution in [2.75, 3.05) is 5.32 Å². The van der Waals surface area contributed by atoms with Crippen LogP contribution in [0.25, 0.3) is 0 Å². The third-order valence-electron chi connectivity index (χ3n) is 3.58. The number of rotatable bonds is 4. The first-order valence-corrected chi connectivity index (χ1v) is 9.30. The van der Waals surface area contributed by atoms with E-state index in [0.29, 0.717) is 18.5 Å². The maximum absolute atomic E-state index is 12.5. The number of hydrogen-bond donors (Lipinski definition) is 2. The summed E-state index contributed by atoms with van der Waals surface area (Å²) in [7, 11) is -3.59. The van der Waals surface area contributed by atoms with Crippen LogP contribution >= 0.6 is 11.3 Å². The van der Waals surface area contributed by atoms with E-state index >= 15 is 0 Å². The van der Waals surface area contributed by atoms with Gasteiger partial charge in [0, 0.05) is 17.0 Å². The third kappa shape index (κ3) is 3.06. The molecule has 0 saturated carbocycles. The predicted octanol–water partition coefficient (Wildman–Crippen LogP) is 2.67. The van der Waals surface area contributed by atoms with Gasteiger partial charge in [-0.25, -0.2) is 13.1 Å².